The normalized spacial score (nSPS) is 11.0. The van der Waals surface area contributed by atoms with Crippen molar-refractivity contribution in [2.75, 3.05) is 17.8 Å². The predicted molar refractivity (Wildman–Crippen MR) is 94.1 cm³/mol. The zero-order valence-electron chi connectivity index (χ0n) is 13.2. The number of thiazole rings is 1. The van der Waals surface area contributed by atoms with E-state index in [9.17, 15) is 0 Å². The monoisotopic (exact) mass is 318 g/mol. The summed E-state index contributed by atoms with van der Waals surface area (Å²) in [5.41, 5.74) is 11.7. The molecule has 0 unspecified atom stereocenters. The SMILES string of the molecule is CCCCOc1c(C)cc(C=NNc2nc(N)cs2)cc1C. The van der Waals surface area contributed by atoms with Gasteiger partial charge < -0.3 is 10.5 Å². The van der Waals surface area contributed by atoms with Crippen LogP contribution < -0.4 is 15.9 Å². The van der Waals surface area contributed by atoms with Crippen molar-refractivity contribution < 1.29 is 4.74 Å². The molecule has 5 nitrogen and oxygen atoms in total. The molecule has 0 aliphatic rings. The van der Waals surface area contributed by atoms with Crippen molar-refractivity contribution in [3.05, 3.63) is 34.2 Å². The van der Waals surface area contributed by atoms with Gasteiger partial charge in [0.2, 0.25) is 5.13 Å². The minimum absolute atomic E-state index is 0.503. The van der Waals surface area contributed by atoms with Gasteiger partial charge in [-0.3, -0.25) is 5.43 Å². The molecule has 0 fully saturated rings. The lowest BCUT2D eigenvalue weighted by Crippen LogP contribution is -2.01. The summed E-state index contributed by atoms with van der Waals surface area (Å²) < 4.78 is 5.86. The van der Waals surface area contributed by atoms with E-state index in [0.29, 0.717) is 10.9 Å². The van der Waals surface area contributed by atoms with Crippen molar-refractivity contribution in [1.29, 1.82) is 0 Å². The largest absolute Gasteiger partial charge is 0.493 e. The summed E-state index contributed by atoms with van der Waals surface area (Å²) in [4.78, 5) is 4.08. The van der Waals surface area contributed by atoms with Crippen molar-refractivity contribution in [3.8, 4) is 5.75 Å². The fourth-order valence-corrected chi connectivity index (χ4v) is 2.65. The Bertz CT molecular complexity index is 628. The number of rotatable bonds is 7. The van der Waals surface area contributed by atoms with E-state index in [1.807, 2.05) is 0 Å². The van der Waals surface area contributed by atoms with E-state index in [1.54, 1.807) is 11.6 Å². The molecule has 2 aromatic rings. The maximum Gasteiger partial charge on any atom is 0.205 e. The fourth-order valence-electron chi connectivity index (χ4n) is 2.10. The third kappa shape index (κ3) is 4.46. The minimum atomic E-state index is 0.503. The van der Waals surface area contributed by atoms with Crippen molar-refractivity contribution in [3.63, 3.8) is 0 Å². The molecule has 0 bridgehead atoms. The van der Waals surface area contributed by atoms with Crippen molar-refractivity contribution >= 4 is 28.5 Å². The highest BCUT2D eigenvalue weighted by atomic mass is 32.1. The van der Waals surface area contributed by atoms with Gasteiger partial charge in [0.1, 0.15) is 11.6 Å². The topological polar surface area (TPSA) is 72.5 Å². The minimum Gasteiger partial charge on any atom is -0.493 e. The number of nitrogen functional groups attached to an aromatic ring is 1. The Morgan fingerprint density at radius 3 is 2.68 bits per heavy atom. The number of hydrogen-bond donors (Lipinski definition) is 2. The van der Waals surface area contributed by atoms with E-state index in [2.05, 4.69) is 48.4 Å². The second-order valence-corrected chi connectivity index (χ2v) is 5.99. The van der Waals surface area contributed by atoms with Gasteiger partial charge in [-0.1, -0.05) is 13.3 Å². The smallest absolute Gasteiger partial charge is 0.205 e. The molecule has 118 valence electrons. The molecule has 0 aliphatic carbocycles. The number of nitrogens with two attached hydrogens (primary N) is 1. The molecule has 0 atom stereocenters. The summed E-state index contributed by atoms with van der Waals surface area (Å²) in [5, 5.41) is 6.64. The highest BCUT2D eigenvalue weighted by Crippen LogP contribution is 2.24. The molecule has 0 spiro atoms. The average molecular weight is 318 g/mol. The Balaban J connectivity index is 2.02. The molecular formula is C16H22N4OS. The van der Waals surface area contributed by atoms with Crippen LogP contribution in [0.5, 0.6) is 5.75 Å². The second-order valence-electron chi connectivity index (χ2n) is 5.13. The van der Waals surface area contributed by atoms with Crippen LogP contribution in [0.15, 0.2) is 22.6 Å². The molecule has 0 saturated carbocycles. The zero-order valence-corrected chi connectivity index (χ0v) is 14.0. The molecule has 6 heteroatoms. The molecule has 0 amide bonds. The maximum atomic E-state index is 5.86. The third-order valence-electron chi connectivity index (χ3n) is 3.12. The first-order valence-electron chi connectivity index (χ1n) is 7.34. The summed E-state index contributed by atoms with van der Waals surface area (Å²) in [6.07, 6.45) is 3.98. The van der Waals surface area contributed by atoms with Crippen molar-refractivity contribution in [2.45, 2.75) is 33.6 Å². The number of aromatic nitrogens is 1. The molecule has 0 aliphatic heterocycles. The van der Waals surface area contributed by atoms with Crippen LogP contribution >= 0.6 is 11.3 Å². The van der Waals surface area contributed by atoms with E-state index < -0.39 is 0 Å². The van der Waals surface area contributed by atoms with E-state index in [-0.39, 0.29) is 0 Å². The number of nitrogens with one attached hydrogen (secondary N) is 1. The standard InChI is InChI=1S/C16H22N4OS/c1-4-5-6-21-15-11(2)7-13(8-12(15)3)9-18-20-16-19-14(17)10-22-16/h7-10H,4-6,17H2,1-3H3,(H,19,20). The van der Waals surface area contributed by atoms with E-state index in [0.717, 1.165) is 41.9 Å². The van der Waals surface area contributed by atoms with Crippen LogP contribution in [-0.2, 0) is 0 Å². The zero-order chi connectivity index (χ0) is 15.9. The van der Waals surface area contributed by atoms with Crippen LogP contribution in [0, 0.1) is 13.8 Å². The van der Waals surface area contributed by atoms with Crippen LogP contribution in [-0.4, -0.2) is 17.8 Å². The molecule has 1 aromatic carbocycles. The van der Waals surface area contributed by atoms with E-state index in [1.165, 1.54) is 11.3 Å². The first kappa shape index (κ1) is 16.3. The first-order chi connectivity index (χ1) is 10.6. The molecule has 3 N–H and O–H groups in total. The van der Waals surface area contributed by atoms with Gasteiger partial charge in [-0.05, 0) is 49.1 Å². The quantitative estimate of drug-likeness (QED) is 0.460. The molecule has 1 aromatic heterocycles. The fraction of sp³-hybridized carbons (Fsp3) is 0.375. The number of anilines is 2. The highest BCUT2D eigenvalue weighted by molar-refractivity contribution is 7.14. The van der Waals surface area contributed by atoms with Crippen molar-refractivity contribution in [2.24, 2.45) is 5.10 Å². The third-order valence-corrected chi connectivity index (χ3v) is 3.89. The van der Waals surface area contributed by atoms with Crippen LogP contribution in [0.2, 0.25) is 0 Å². The van der Waals surface area contributed by atoms with Gasteiger partial charge in [0.15, 0.2) is 0 Å². The van der Waals surface area contributed by atoms with Crippen LogP contribution in [0.1, 0.15) is 36.5 Å². The summed E-state index contributed by atoms with van der Waals surface area (Å²) in [7, 11) is 0. The number of unbranched alkanes of at least 4 members (excludes halogenated alkanes) is 1. The second kappa shape index (κ2) is 7.79. The van der Waals surface area contributed by atoms with Crippen LogP contribution in [0.3, 0.4) is 0 Å². The molecule has 0 radical (unpaired) electrons. The summed E-state index contributed by atoms with van der Waals surface area (Å²) >= 11 is 1.42. The number of hydrazone groups is 1. The Hall–Kier alpha value is -2.08. The molecule has 1 heterocycles. The Labute approximate surface area is 135 Å². The summed E-state index contributed by atoms with van der Waals surface area (Å²) in [5.74, 6) is 1.48. The Morgan fingerprint density at radius 1 is 1.36 bits per heavy atom. The van der Waals surface area contributed by atoms with Gasteiger partial charge in [-0.25, -0.2) is 4.98 Å². The molecular weight excluding hydrogens is 296 g/mol. The summed E-state index contributed by atoms with van der Waals surface area (Å²) in [6.45, 7) is 7.03. The number of aryl methyl sites for hydroxylation is 2. The summed E-state index contributed by atoms with van der Waals surface area (Å²) in [6, 6.07) is 4.13. The Kier molecular flexibility index (Phi) is 5.77. The van der Waals surface area contributed by atoms with Gasteiger partial charge >= 0.3 is 0 Å². The highest BCUT2D eigenvalue weighted by Gasteiger charge is 2.05. The predicted octanol–water partition coefficient (Wildman–Crippen LogP) is 3.97. The average Bonchev–Trinajstić information content (AvgIpc) is 2.87. The van der Waals surface area contributed by atoms with Gasteiger partial charge in [-0.2, -0.15) is 5.10 Å². The number of hydrogen-bond acceptors (Lipinski definition) is 6. The molecule has 2 rings (SSSR count). The van der Waals surface area contributed by atoms with Crippen LogP contribution in [0.25, 0.3) is 0 Å². The van der Waals surface area contributed by atoms with Gasteiger partial charge in [0, 0.05) is 5.38 Å². The van der Waals surface area contributed by atoms with Gasteiger partial charge in [-0.15, -0.1) is 11.3 Å². The lowest BCUT2D eigenvalue weighted by Gasteiger charge is -2.12. The molecule has 22 heavy (non-hydrogen) atoms. The maximum absolute atomic E-state index is 5.86. The first-order valence-corrected chi connectivity index (χ1v) is 8.22. The van der Waals surface area contributed by atoms with Crippen molar-refractivity contribution in [1.82, 2.24) is 4.98 Å². The van der Waals surface area contributed by atoms with E-state index in [4.69, 9.17) is 10.5 Å². The van der Waals surface area contributed by atoms with Gasteiger partial charge in [0.25, 0.3) is 0 Å². The van der Waals surface area contributed by atoms with Crippen LogP contribution in [0.4, 0.5) is 10.9 Å². The molecule has 0 saturated heterocycles. The number of ether oxygens (including phenoxy) is 1. The lowest BCUT2D eigenvalue weighted by molar-refractivity contribution is 0.305. The van der Waals surface area contributed by atoms with E-state index >= 15 is 0 Å². The Morgan fingerprint density at radius 2 is 2.09 bits per heavy atom. The number of nitrogens with zero attached hydrogens (tertiary/aromatic N) is 2. The number of benzene rings is 1. The lowest BCUT2D eigenvalue weighted by atomic mass is 10.1. The van der Waals surface area contributed by atoms with Gasteiger partial charge in [0.05, 0.1) is 12.8 Å².